The molecule has 0 aliphatic carbocycles. The number of thiazole rings is 1. The second-order valence-electron chi connectivity index (χ2n) is 5.81. The Morgan fingerprint density at radius 2 is 2.04 bits per heavy atom. The Morgan fingerprint density at radius 1 is 1.15 bits per heavy atom. The third kappa shape index (κ3) is 3.40. The number of anilines is 4. The van der Waals surface area contributed by atoms with Crippen molar-refractivity contribution in [3.05, 3.63) is 60.2 Å². The molecule has 0 spiro atoms. The number of fused-ring (bicyclic) bond motifs is 1. The lowest BCUT2D eigenvalue weighted by Gasteiger charge is -2.11. The molecule has 0 aliphatic heterocycles. The average Bonchev–Trinajstić information content (AvgIpc) is 3.05. The maximum atomic E-state index is 6.22. The van der Waals surface area contributed by atoms with Crippen molar-refractivity contribution in [1.82, 2.24) is 19.9 Å². The first-order valence-corrected chi connectivity index (χ1v) is 8.88. The van der Waals surface area contributed by atoms with E-state index in [2.05, 4.69) is 43.6 Å². The van der Waals surface area contributed by atoms with Crippen LogP contribution in [0.5, 0.6) is 0 Å². The molecular formula is C18H17N7S. The van der Waals surface area contributed by atoms with Gasteiger partial charge in [0.25, 0.3) is 0 Å². The largest absolute Gasteiger partial charge is 0.393 e. The molecule has 3 heterocycles. The maximum Gasteiger partial charge on any atom is 0.189 e. The van der Waals surface area contributed by atoms with Crippen LogP contribution in [0.2, 0.25) is 0 Å². The van der Waals surface area contributed by atoms with Crippen LogP contribution in [0.3, 0.4) is 0 Å². The molecule has 1 aromatic carbocycles. The molecule has 0 saturated heterocycles. The van der Waals surface area contributed by atoms with Crippen molar-refractivity contribution in [2.24, 2.45) is 0 Å². The smallest absolute Gasteiger partial charge is 0.189 e. The fourth-order valence-corrected chi connectivity index (χ4v) is 3.47. The van der Waals surface area contributed by atoms with Crippen LogP contribution in [0.25, 0.3) is 10.2 Å². The van der Waals surface area contributed by atoms with Gasteiger partial charge in [0.2, 0.25) is 0 Å². The van der Waals surface area contributed by atoms with Crippen molar-refractivity contribution < 1.29 is 0 Å². The van der Waals surface area contributed by atoms with Gasteiger partial charge < -0.3 is 16.4 Å². The van der Waals surface area contributed by atoms with Gasteiger partial charge in [-0.15, -0.1) is 0 Å². The lowest BCUT2D eigenvalue weighted by Crippen LogP contribution is -2.08. The number of hydrogen-bond acceptors (Lipinski definition) is 8. The molecule has 0 bridgehead atoms. The molecule has 0 atom stereocenters. The quantitative estimate of drug-likeness (QED) is 0.496. The van der Waals surface area contributed by atoms with E-state index in [4.69, 9.17) is 5.73 Å². The van der Waals surface area contributed by atoms with E-state index in [9.17, 15) is 0 Å². The van der Waals surface area contributed by atoms with E-state index in [0.29, 0.717) is 23.9 Å². The second-order valence-corrected chi connectivity index (χ2v) is 6.85. The lowest BCUT2D eigenvalue weighted by molar-refractivity contribution is 1.07. The summed E-state index contributed by atoms with van der Waals surface area (Å²) in [6, 6.07) is 10.0. The zero-order chi connectivity index (χ0) is 17.9. The second kappa shape index (κ2) is 6.93. The zero-order valence-electron chi connectivity index (χ0n) is 14.1. The molecule has 0 unspecified atom stereocenters. The van der Waals surface area contributed by atoms with Crippen molar-refractivity contribution >= 4 is 44.0 Å². The standard InChI is InChI=1S/C18H17N7S/c1-11-4-5-13-14(7-11)26-18(24-13)25-17-15(19)16(22-10-23-17)21-9-12-3-2-6-20-8-12/h2-8,10H,9,19H2,1H3,(H2,21,22,23,24,25). The van der Waals surface area contributed by atoms with Crippen LogP contribution in [0.4, 0.5) is 22.5 Å². The summed E-state index contributed by atoms with van der Waals surface area (Å²) in [5.74, 6) is 1.10. The van der Waals surface area contributed by atoms with Crippen molar-refractivity contribution in [3.63, 3.8) is 0 Å². The molecule has 7 nitrogen and oxygen atoms in total. The third-order valence-corrected chi connectivity index (χ3v) is 4.77. The first-order chi connectivity index (χ1) is 12.7. The van der Waals surface area contributed by atoms with Crippen LogP contribution in [-0.2, 0) is 6.54 Å². The molecule has 4 N–H and O–H groups in total. The summed E-state index contributed by atoms with van der Waals surface area (Å²) in [7, 11) is 0. The summed E-state index contributed by atoms with van der Waals surface area (Å²) in [5.41, 5.74) is 9.87. The summed E-state index contributed by atoms with van der Waals surface area (Å²) in [4.78, 5) is 17.1. The number of hydrogen-bond donors (Lipinski definition) is 3. The minimum atomic E-state index is 0.451. The summed E-state index contributed by atoms with van der Waals surface area (Å²) < 4.78 is 1.12. The zero-order valence-corrected chi connectivity index (χ0v) is 14.9. The first kappa shape index (κ1) is 16.2. The van der Waals surface area contributed by atoms with Crippen LogP contribution in [0, 0.1) is 6.92 Å². The number of nitrogens with one attached hydrogen (secondary N) is 2. The fourth-order valence-electron chi connectivity index (χ4n) is 2.51. The first-order valence-electron chi connectivity index (χ1n) is 8.06. The Hall–Kier alpha value is -3.26. The topological polar surface area (TPSA) is 102 Å². The highest BCUT2D eigenvalue weighted by atomic mass is 32.1. The molecule has 0 amide bonds. The molecule has 4 rings (SSSR count). The molecule has 0 saturated carbocycles. The maximum absolute atomic E-state index is 6.22. The number of pyridine rings is 1. The Balaban J connectivity index is 1.54. The lowest BCUT2D eigenvalue weighted by atomic mass is 10.2. The van der Waals surface area contributed by atoms with Crippen LogP contribution in [-0.4, -0.2) is 19.9 Å². The SMILES string of the molecule is Cc1ccc2nc(Nc3ncnc(NCc4cccnc4)c3N)sc2c1. The third-order valence-electron chi connectivity index (χ3n) is 3.84. The number of rotatable bonds is 5. The molecular weight excluding hydrogens is 346 g/mol. The summed E-state index contributed by atoms with van der Waals surface area (Å²) in [6.07, 6.45) is 5.01. The van der Waals surface area contributed by atoms with Gasteiger partial charge in [-0.05, 0) is 36.2 Å². The van der Waals surface area contributed by atoms with E-state index in [1.165, 1.54) is 11.9 Å². The minimum Gasteiger partial charge on any atom is -0.393 e. The van der Waals surface area contributed by atoms with E-state index >= 15 is 0 Å². The highest BCUT2D eigenvalue weighted by Crippen LogP contribution is 2.31. The molecule has 130 valence electrons. The van der Waals surface area contributed by atoms with Crippen LogP contribution in [0.1, 0.15) is 11.1 Å². The van der Waals surface area contributed by atoms with Crippen LogP contribution < -0.4 is 16.4 Å². The van der Waals surface area contributed by atoms with Gasteiger partial charge in [-0.25, -0.2) is 15.0 Å². The van der Waals surface area contributed by atoms with E-state index < -0.39 is 0 Å². The monoisotopic (exact) mass is 363 g/mol. The van der Waals surface area contributed by atoms with Gasteiger partial charge in [0.05, 0.1) is 10.2 Å². The number of benzene rings is 1. The van der Waals surface area contributed by atoms with E-state index in [-0.39, 0.29) is 0 Å². The normalized spacial score (nSPS) is 10.8. The van der Waals surface area contributed by atoms with E-state index in [1.54, 1.807) is 23.7 Å². The predicted octanol–water partition coefficient (Wildman–Crippen LogP) is 3.73. The molecule has 0 fully saturated rings. The molecule has 4 aromatic rings. The van der Waals surface area contributed by atoms with Gasteiger partial charge in [-0.2, -0.15) is 0 Å². The van der Waals surface area contributed by atoms with Crippen molar-refractivity contribution in [1.29, 1.82) is 0 Å². The molecule has 8 heteroatoms. The van der Waals surface area contributed by atoms with E-state index in [0.717, 1.165) is 20.9 Å². The van der Waals surface area contributed by atoms with Crippen molar-refractivity contribution in [2.75, 3.05) is 16.4 Å². The number of aryl methyl sites for hydroxylation is 1. The Labute approximate surface area is 154 Å². The predicted molar refractivity (Wildman–Crippen MR) is 106 cm³/mol. The molecule has 0 radical (unpaired) electrons. The number of nitrogens with zero attached hydrogens (tertiary/aromatic N) is 4. The van der Waals surface area contributed by atoms with Gasteiger partial charge in [0.1, 0.15) is 12.0 Å². The Bertz CT molecular complexity index is 1050. The van der Waals surface area contributed by atoms with Gasteiger partial charge in [-0.1, -0.05) is 23.5 Å². The average molecular weight is 363 g/mol. The van der Waals surface area contributed by atoms with Gasteiger partial charge in [-0.3, -0.25) is 4.98 Å². The molecule has 3 aromatic heterocycles. The number of aromatic nitrogens is 4. The molecule has 0 aliphatic rings. The highest BCUT2D eigenvalue weighted by molar-refractivity contribution is 7.22. The fraction of sp³-hybridized carbons (Fsp3) is 0.111. The van der Waals surface area contributed by atoms with Gasteiger partial charge in [0.15, 0.2) is 16.8 Å². The number of nitrogen functional groups attached to an aromatic ring is 1. The van der Waals surface area contributed by atoms with Crippen molar-refractivity contribution in [3.8, 4) is 0 Å². The Morgan fingerprint density at radius 3 is 2.88 bits per heavy atom. The van der Waals surface area contributed by atoms with Crippen LogP contribution in [0.15, 0.2) is 49.1 Å². The van der Waals surface area contributed by atoms with Crippen LogP contribution >= 0.6 is 11.3 Å². The van der Waals surface area contributed by atoms with Gasteiger partial charge in [0, 0.05) is 18.9 Å². The Kier molecular flexibility index (Phi) is 4.32. The minimum absolute atomic E-state index is 0.451. The summed E-state index contributed by atoms with van der Waals surface area (Å²) in [6.45, 7) is 2.64. The molecule has 26 heavy (non-hydrogen) atoms. The van der Waals surface area contributed by atoms with E-state index in [1.807, 2.05) is 24.3 Å². The highest BCUT2D eigenvalue weighted by Gasteiger charge is 2.11. The van der Waals surface area contributed by atoms with Gasteiger partial charge >= 0.3 is 0 Å². The number of nitrogens with two attached hydrogens (primary N) is 1. The summed E-state index contributed by atoms with van der Waals surface area (Å²) in [5, 5.41) is 7.16. The van der Waals surface area contributed by atoms with Crippen molar-refractivity contribution in [2.45, 2.75) is 13.5 Å². The summed E-state index contributed by atoms with van der Waals surface area (Å²) >= 11 is 1.56.